The van der Waals surface area contributed by atoms with Gasteiger partial charge in [-0.2, -0.15) is 0 Å². The summed E-state index contributed by atoms with van der Waals surface area (Å²) in [5, 5.41) is 0. The van der Waals surface area contributed by atoms with Gasteiger partial charge in [0.2, 0.25) is 0 Å². The van der Waals surface area contributed by atoms with Gasteiger partial charge in [0.15, 0.2) is 0 Å². The smallest absolute Gasteiger partial charge is 0.127 e. The van der Waals surface area contributed by atoms with Gasteiger partial charge < -0.3 is 5.73 Å². The van der Waals surface area contributed by atoms with E-state index >= 15 is 0 Å². The van der Waals surface area contributed by atoms with Crippen molar-refractivity contribution in [2.24, 2.45) is 5.73 Å². The molecule has 0 saturated heterocycles. The predicted molar refractivity (Wildman–Crippen MR) is 75.6 cm³/mol. The van der Waals surface area contributed by atoms with Crippen LogP contribution in [0.4, 0.5) is 4.39 Å². The van der Waals surface area contributed by atoms with Crippen LogP contribution in [0.25, 0.3) is 0 Å². The molecule has 4 heteroatoms. The maximum Gasteiger partial charge on any atom is 0.127 e. The van der Waals surface area contributed by atoms with Crippen molar-refractivity contribution in [3.63, 3.8) is 0 Å². The van der Waals surface area contributed by atoms with Crippen LogP contribution in [0.5, 0.6) is 0 Å². The third kappa shape index (κ3) is 3.49. The largest absolute Gasteiger partial charge is 0.326 e. The van der Waals surface area contributed by atoms with Gasteiger partial charge in [-0.05, 0) is 30.7 Å². The molecule has 2 aromatic rings. The Hall–Kier alpha value is -1.52. The molecule has 2 rings (SSSR count). The lowest BCUT2D eigenvalue weighted by molar-refractivity contribution is 0.613. The molecule has 2 N–H and O–H groups in total. The predicted octanol–water partition coefficient (Wildman–Crippen LogP) is 2.90. The maximum atomic E-state index is 13.8. The van der Waals surface area contributed by atoms with Crippen molar-refractivity contribution < 1.29 is 8.60 Å². The number of aryl methyl sites for hydroxylation is 1. The normalized spacial score (nSPS) is 12.4. The second-order valence-corrected chi connectivity index (χ2v) is 5.88. The zero-order chi connectivity index (χ0) is 13.8. The molecule has 0 saturated carbocycles. The average molecular weight is 277 g/mol. The fraction of sp³-hybridized carbons (Fsp3) is 0.200. The molecule has 2 nitrogen and oxygen atoms in total. The van der Waals surface area contributed by atoms with Crippen LogP contribution in [-0.2, 0) is 23.1 Å². The van der Waals surface area contributed by atoms with E-state index in [0.717, 1.165) is 11.1 Å². The first kappa shape index (κ1) is 13.9. The van der Waals surface area contributed by atoms with Crippen molar-refractivity contribution in [3.05, 3.63) is 65.0 Å². The maximum absolute atomic E-state index is 13.8. The summed E-state index contributed by atoms with van der Waals surface area (Å²) in [5.41, 5.74) is 7.75. The van der Waals surface area contributed by atoms with Gasteiger partial charge >= 0.3 is 0 Å². The van der Waals surface area contributed by atoms with Crippen molar-refractivity contribution in [2.75, 3.05) is 0 Å². The number of halogens is 1. The number of nitrogens with two attached hydrogens (primary N) is 1. The minimum absolute atomic E-state index is 0.180. The fourth-order valence-corrected chi connectivity index (χ4v) is 2.87. The summed E-state index contributed by atoms with van der Waals surface area (Å²) in [6.07, 6.45) is 0. The Morgan fingerprint density at radius 3 is 2.42 bits per heavy atom. The highest BCUT2D eigenvalue weighted by Crippen LogP contribution is 2.17. The second-order valence-electron chi connectivity index (χ2n) is 4.43. The summed E-state index contributed by atoms with van der Waals surface area (Å²) in [6.45, 7) is 2.27. The van der Waals surface area contributed by atoms with Crippen LogP contribution in [0.1, 0.15) is 16.7 Å². The number of hydrogen-bond donors (Lipinski definition) is 1. The van der Waals surface area contributed by atoms with Crippen molar-refractivity contribution in [1.82, 2.24) is 0 Å². The standard InChI is InChI=1S/C15H16FNOS/c1-11-2-6-14(7-3-11)19(18)10-13-5-4-12(9-17)8-15(13)16/h2-8H,9-10,17H2,1H3. The van der Waals surface area contributed by atoms with E-state index < -0.39 is 10.8 Å². The molecule has 19 heavy (non-hydrogen) atoms. The Balaban J connectivity index is 2.17. The monoisotopic (exact) mass is 277 g/mol. The summed E-state index contributed by atoms with van der Waals surface area (Å²) in [6, 6.07) is 12.3. The lowest BCUT2D eigenvalue weighted by Gasteiger charge is -2.06. The van der Waals surface area contributed by atoms with Gasteiger partial charge in [0.05, 0.1) is 16.6 Å². The first-order chi connectivity index (χ1) is 9.10. The number of benzene rings is 2. The SMILES string of the molecule is Cc1ccc(S(=O)Cc2ccc(CN)cc2F)cc1. The van der Waals surface area contributed by atoms with E-state index in [0.29, 0.717) is 17.0 Å². The molecule has 0 aliphatic carbocycles. The molecule has 0 spiro atoms. The molecule has 0 radical (unpaired) electrons. The van der Waals surface area contributed by atoms with E-state index in [1.54, 1.807) is 12.1 Å². The Bertz CT molecular complexity index is 596. The zero-order valence-electron chi connectivity index (χ0n) is 10.7. The van der Waals surface area contributed by atoms with Crippen molar-refractivity contribution in [1.29, 1.82) is 0 Å². The molecule has 1 unspecified atom stereocenters. The molecule has 0 fully saturated rings. The minimum Gasteiger partial charge on any atom is -0.326 e. The Labute approximate surface area is 114 Å². The molecule has 2 aromatic carbocycles. The summed E-state index contributed by atoms with van der Waals surface area (Å²) >= 11 is 0. The molecule has 0 aromatic heterocycles. The highest BCUT2D eigenvalue weighted by atomic mass is 32.2. The van der Waals surface area contributed by atoms with E-state index in [9.17, 15) is 8.60 Å². The van der Waals surface area contributed by atoms with E-state index in [-0.39, 0.29) is 11.6 Å². The van der Waals surface area contributed by atoms with E-state index in [1.165, 1.54) is 6.07 Å². The van der Waals surface area contributed by atoms with Crippen LogP contribution in [0, 0.1) is 12.7 Å². The van der Waals surface area contributed by atoms with Crippen molar-refractivity contribution in [3.8, 4) is 0 Å². The molecule has 100 valence electrons. The molecular formula is C15H16FNOS. The van der Waals surface area contributed by atoms with Crippen LogP contribution in [-0.4, -0.2) is 4.21 Å². The van der Waals surface area contributed by atoms with Crippen molar-refractivity contribution >= 4 is 10.8 Å². The van der Waals surface area contributed by atoms with E-state index in [4.69, 9.17) is 5.73 Å². The summed E-state index contributed by atoms with van der Waals surface area (Å²) in [7, 11) is -1.23. The first-order valence-electron chi connectivity index (χ1n) is 6.02. The lowest BCUT2D eigenvalue weighted by Crippen LogP contribution is -2.02. The van der Waals surface area contributed by atoms with Gasteiger partial charge in [-0.3, -0.25) is 4.21 Å². The molecular weight excluding hydrogens is 261 g/mol. The average Bonchev–Trinajstić information content (AvgIpc) is 2.41. The van der Waals surface area contributed by atoms with Crippen LogP contribution in [0.3, 0.4) is 0 Å². The number of rotatable bonds is 4. The van der Waals surface area contributed by atoms with E-state index in [1.807, 2.05) is 31.2 Å². The third-order valence-electron chi connectivity index (χ3n) is 2.92. The number of hydrogen-bond acceptors (Lipinski definition) is 2. The van der Waals surface area contributed by atoms with Crippen LogP contribution in [0.2, 0.25) is 0 Å². The van der Waals surface area contributed by atoms with E-state index in [2.05, 4.69) is 0 Å². The highest BCUT2D eigenvalue weighted by molar-refractivity contribution is 7.84. The Morgan fingerprint density at radius 2 is 1.84 bits per heavy atom. The first-order valence-corrected chi connectivity index (χ1v) is 7.34. The topological polar surface area (TPSA) is 43.1 Å². The van der Waals surface area contributed by atoms with Gasteiger partial charge in [0.25, 0.3) is 0 Å². The summed E-state index contributed by atoms with van der Waals surface area (Å²) in [4.78, 5) is 0.716. The van der Waals surface area contributed by atoms with Crippen LogP contribution < -0.4 is 5.73 Å². The minimum atomic E-state index is -1.23. The molecule has 0 heterocycles. The lowest BCUT2D eigenvalue weighted by atomic mass is 10.1. The molecule has 1 atom stereocenters. The van der Waals surface area contributed by atoms with Gasteiger partial charge in [0, 0.05) is 17.0 Å². The second kappa shape index (κ2) is 6.08. The van der Waals surface area contributed by atoms with Crippen molar-refractivity contribution in [2.45, 2.75) is 24.1 Å². The molecule has 0 aliphatic rings. The molecule has 0 aliphatic heterocycles. The molecule has 0 bridgehead atoms. The highest BCUT2D eigenvalue weighted by Gasteiger charge is 2.09. The zero-order valence-corrected chi connectivity index (χ0v) is 11.5. The third-order valence-corrected chi connectivity index (χ3v) is 4.29. The molecule has 0 amide bonds. The van der Waals surface area contributed by atoms with Gasteiger partial charge in [-0.15, -0.1) is 0 Å². The van der Waals surface area contributed by atoms with Crippen LogP contribution in [0.15, 0.2) is 47.4 Å². The van der Waals surface area contributed by atoms with Crippen LogP contribution >= 0.6 is 0 Å². The Morgan fingerprint density at radius 1 is 1.16 bits per heavy atom. The quantitative estimate of drug-likeness (QED) is 0.933. The Kier molecular flexibility index (Phi) is 4.45. The van der Waals surface area contributed by atoms with Gasteiger partial charge in [-0.25, -0.2) is 4.39 Å². The van der Waals surface area contributed by atoms with Gasteiger partial charge in [-0.1, -0.05) is 29.8 Å². The van der Waals surface area contributed by atoms with Gasteiger partial charge in [0.1, 0.15) is 5.82 Å². The summed E-state index contributed by atoms with van der Waals surface area (Å²) < 4.78 is 25.9. The summed E-state index contributed by atoms with van der Waals surface area (Å²) in [5.74, 6) is -0.164. The fourth-order valence-electron chi connectivity index (χ4n) is 1.75.